The maximum Gasteiger partial charge on any atom is 0.427 e. The molecule has 0 bridgehead atoms. The molecular formula is C22H14F7N5O2S. The third-order valence-corrected chi connectivity index (χ3v) is 6.34. The van der Waals surface area contributed by atoms with Gasteiger partial charge in [-0.25, -0.2) is 14.2 Å². The predicted octanol–water partition coefficient (Wildman–Crippen LogP) is 4.69. The highest BCUT2D eigenvalue weighted by atomic mass is 32.1. The molecule has 1 aliphatic rings. The van der Waals surface area contributed by atoms with Crippen molar-refractivity contribution in [2.75, 3.05) is 6.54 Å². The number of hydrogen-bond acceptors (Lipinski definition) is 5. The first-order valence-electron chi connectivity index (χ1n) is 10.2. The summed E-state index contributed by atoms with van der Waals surface area (Å²) < 4.78 is 93.4. The summed E-state index contributed by atoms with van der Waals surface area (Å²) in [6.07, 6.45) is -9.47. The van der Waals surface area contributed by atoms with Crippen LogP contribution < -0.4 is 16.4 Å². The van der Waals surface area contributed by atoms with E-state index < -0.39 is 64.2 Å². The van der Waals surface area contributed by atoms with E-state index in [9.17, 15) is 40.3 Å². The van der Waals surface area contributed by atoms with Crippen LogP contribution in [0.5, 0.6) is 0 Å². The minimum atomic E-state index is -4.85. The van der Waals surface area contributed by atoms with Gasteiger partial charge in [-0.2, -0.15) is 31.3 Å². The molecule has 0 fully saturated rings. The number of alkyl halides is 6. The average molecular weight is 545 g/mol. The van der Waals surface area contributed by atoms with Gasteiger partial charge in [0, 0.05) is 5.56 Å². The summed E-state index contributed by atoms with van der Waals surface area (Å²) in [5, 5.41) is 4.56. The van der Waals surface area contributed by atoms with Crippen molar-refractivity contribution < 1.29 is 40.3 Å². The Labute approximate surface area is 207 Å². The van der Waals surface area contributed by atoms with Crippen molar-refractivity contribution >= 4 is 29.1 Å². The average Bonchev–Trinajstić information content (AvgIpc) is 3.42. The van der Waals surface area contributed by atoms with Gasteiger partial charge in [0.2, 0.25) is 0 Å². The molecule has 15 heteroatoms. The summed E-state index contributed by atoms with van der Waals surface area (Å²) >= 11 is 0.247. The fourth-order valence-corrected chi connectivity index (χ4v) is 4.47. The van der Waals surface area contributed by atoms with Crippen LogP contribution in [0.3, 0.4) is 0 Å². The number of thiazole rings is 1. The van der Waals surface area contributed by atoms with Gasteiger partial charge < -0.3 is 16.4 Å². The number of halogens is 7. The van der Waals surface area contributed by atoms with E-state index in [1.54, 1.807) is 0 Å². The van der Waals surface area contributed by atoms with Gasteiger partial charge in [-0.1, -0.05) is 12.1 Å². The van der Waals surface area contributed by atoms with Crippen LogP contribution in [0.15, 0.2) is 53.0 Å². The molecular weight excluding hydrogens is 531 g/mol. The summed E-state index contributed by atoms with van der Waals surface area (Å²) in [6.45, 7) is -0.719. The Hall–Kier alpha value is -4.01. The van der Waals surface area contributed by atoms with Crippen LogP contribution in [0.1, 0.15) is 26.5 Å². The van der Waals surface area contributed by atoms with Crippen molar-refractivity contribution in [1.29, 1.82) is 0 Å². The summed E-state index contributed by atoms with van der Waals surface area (Å²) in [5.74, 6) is -2.30. The fourth-order valence-electron chi connectivity index (χ4n) is 3.73. The van der Waals surface area contributed by atoms with Crippen molar-refractivity contribution in [2.45, 2.75) is 17.9 Å². The predicted molar refractivity (Wildman–Crippen MR) is 118 cm³/mol. The number of hydrogen-bond donors (Lipinski definition) is 3. The van der Waals surface area contributed by atoms with E-state index in [1.165, 1.54) is 0 Å². The molecule has 0 spiro atoms. The first-order chi connectivity index (χ1) is 17.2. The Morgan fingerprint density at radius 1 is 1.05 bits per heavy atom. The van der Waals surface area contributed by atoms with E-state index in [1.807, 2.05) is 0 Å². The molecule has 0 saturated carbocycles. The van der Waals surface area contributed by atoms with Crippen molar-refractivity contribution in [2.24, 2.45) is 10.7 Å². The van der Waals surface area contributed by atoms with Crippen LogP contribution in [0.2, 0.25) is 0 Å². The number of urea groups is 1. The minimum absolute atomic E-state index is 0.0708. The number of rotatable bonds is 5. The molecule has 37 heavy (non-hydrogen) atoms. The first-order valence-corrected chi connectivity index (χ1v) is 11.0. The molecule has 0 saturated heterocycles. The number of carbonyl (C=O) groups is 2. The summed E-state index contributed by atoms with van der Waals surface area (Å²) in [7, 11) is 0. The van der Waals surface area contributed by atoms with Crippen molar-refractivity contribution in [3.05, 3.63) is 75.5 Å². The number of nitrogens with zero attached hydrogens (tertiary/aromatic N) is 2. The lowest BCUT2D eigenvalue weighted by Crippen LogP contribution is -2.57. The highest BCUT2D eigenvalue weighted by molar-refractivity contribution is 7.09. The van der Waals surface area contributed by atoms with Gasteiger partial charge in [-0.15, -0.1) is 11.3 Å². The van der Waals surface area contributed by atoms with Gasteiger partial charge in [0.15, 0.2) is 5.54 Å². The van der Waals surface area contributed by atoms with Crippen LogP contribution in [0.4, 0.5) is 35.5 Å². The molecule has 0 radical (unpaired) electrons. The quantitative estimate of drug-likeness (QED) is 0.404. The van der Waals surface area contributed by atoms with E-state index >= 15 is 0 Å². The first kappa shape index (κ1) is 26.1. The van der Waals surface area contributed by atoms with Crippen molar-refractivity contribution in [1.82, 2.24) is 15.6 Å². The van der Waals surface area contributed by atoms with E-state index in [2.05, 4.69) is 20.6 Å². The van der Waals surface area contributed by atoms with Gasteiger partial charge in [0.1, 0.15) is 16.5 Å². The van der Waals surface area contributed by atoms with Crippen LogP contribution >= 0.6 is 11.3 Å². The third kappa shape index (κ3) is 4.98. The second-order valence-corrected chi connectivity index (χ2v) is 8.66. The lowest BCUT2D eigenvalue weighted by Gasteiger charge is -2.29. The van der Waals surface area contributed by atoms with Gasteiger partial charge in [0.05, 0.1) is 23.3 Å². The Balaban J connectivity index is 1.68. The van der Waals surface area contributed by atoms with Crippen LogP contribution in [-0.4, -0.2) is 29.3 Å². The molecule has 0 aliphatic carbocycles. The Morgan fingerprint density at radius 2 is 1.73 bits per heavy atom. The Morgan fingerprint density at radius 3 is 2.30 bits per heavy atom. The van der Waals surface area contributed by atoms with Crippen molar-refractivity contribution in [3.63, 3.8) is 0 Å². The number of amides is 3. The molecule has 2 heterocycles. The monoisotopic (exact) mass is 545 g/mol. The zero-order valence-corrected chi connectivity index (χ0v) is 19.0. The largest absolute Gasteiger partial charge is 0.427 e. The highest BCUT2D eigenvalue weighted by Gasteiger charge is 2.51. The zero-order chi connectivity index (χ0) is 27.2. The second-order valence-electron chi connectivity index (χ2n) is 7.81. The van der Waals surface area contributed by atoms with Crippen LogP contribution in [0.25, 0.3) is 11.1 Å². The molecule has 7 nitrogen and oxygen atoms in total. The van der Waals surface area contributed by atoms with Crippen molar-refractivity contribution in [3.8, 4) is 11.1 Å². The summed E-state index contributed by atoms with van der Waals surface area (Å²) in [6, 6.07) is 5.44. The molecule has 1 unspecified atom stereocenters. The summed E-state index contributed by atoms with van der Waals surface area (Å²) in [5.41, 5.74) is 2.70. The number of carbonyl (C=O) groups excluding carboxylic acids is 2. The lowest BCUT2D eigenvalue weighted by molar-refractivity contribution is -0.137. The molecule has 1 aliphatic heterocycles. The van der Waals surface area contributed by atoms with E-state index in [-0.39, 0.29) is 28.0 Å². The van der Waals surface area contributed by atoms with Crippen LogP contribution in [-0.2, 0) is 17.9 Å². The zero-order valence-electron chi connectivity index (χ0n) is 18.2. The number of aliphatic imine (C=N–C) groups is 1. The molecule has 3 amide bonds. The number of amidine groups is 1. The number of aromatic nitrogens is 1. The molecule has 1 aromatic heterocycles. The molecule has 1 atom stereocenters. The SMILES string of the molecule is NC1=NC(=O)NC1(CNC(=O)c1ccc(F)cc1-c1ccc(C(F)(F)F)cc1)c1ncsc1C(F)(F)F. The molecule has 3 aromatic rings. The molecule has 4 rings (SSSR count). The van der Waals surface area contributed by atoms with E-state index in [4.69, 9.17) is 5.73 Å². The fraction of sp³-hybridized carbons (Fsp3) is 0.182. The van der Waals surface area contributed by atoms with E-state index in [0.29, 0.717) is 0 Å². The normalized spacial score (nSPS) is 17.9. The highest BCUT2D eigenvalue weighted by Crippen LogP contribution is 2.40. The maximum atomic E-state index is 14.0. The minimum Gasteiger partial charge on any atom is -0.385 e. The number of nitrogens with two attached hydrogens (primary N) is 1. The summed E-state index contributed by atoms with van der Waals surface area (Å²) in [4.78, 5) is 30.9. The number of benzene rings is 2. The van der Waals surface area contributed by atoms with Gasteiger partial charge in [-0.3, -0.25) is 4.79 Å². The molecule has 194 valence electrons. The Bertz CT molecular complexity index is 1400. The molecule has 4 N–H and O–H groups in total. The van der Waals surface area contributed by atoms with E-state index in [0.717, 1.165) is 48.0 Å². The maximum absolute atomic E-state index is 14.0. The van der Waals surface area contributed by atoms with Gasteiger partial charge in [0.25, 0.3) is 5.91 Å². The molecule has 2 aromatic carbocycles. The lowest BCUT2D eigenvalue weighted by atomic mass is 9.92. The smallest absolute Gasteiger partial charge is 0.385 e. The third-order valence-electron chi connectivity index (χ3n) is 5.47. The number of nitrogens with one attached hydrogen (secondary N) is 2. The Kier molecular flexibility index (Phi) is 6.44. The van der Waals surface area contributed by atoms with Gasteiger partial charge in [-0.05, 0) is 41.5 Å². The second kappa shape index (κ2) is 9.14. The standard InChI is InChI=1S/C22H14F7N5O2S/c23-12-5-6-13(14(7-12)10-1-3-11(4-2-10)21(24,25)26)17(35)31-8-20(18(30)33-19(36)34-20)15-16(22(27,28)29)37-9-32-15/h1-7,9H,8H2,(H,31,35)(H3,30,33,34,36). The van der Waals surface area contributed by atoms with Gasteiger partial charge >= 0.3 is 18.4 Å². The van der Waals surface area contributed by atoms with Crippen LogP contribution in [0, 0.1) is 5.82 Å². The topological polar surface area (TPSA) is 109 Å².